The van der Waals surface area contributed by atoms with E-state index in [1.54, 1.807) is 0 Å². The largest absolute Gasteiger partial charge is 1.00 e. The minimum atomic E-state index is 0. The van der Waals surface area contributed by atoms with E-state index in [0.29, 0.717) is 0 Å². The second-order valence-electron chi connectivity index (χ2n) is 3.01. The van der Waals surface area contributed by atoms with Gasteiger partial charge in [-0.05, 0) is 27.2 Å². The molecule has 72 valence electrons. The van der Waals surface area contributed by atoms with Gasteiger partial charge in [0.25, 0.3) is 0 Å². The third-order valence-electron chi connectivity index (χ3n) is 2.71. The van der Waals surface area contributed by atoms with Gasteiger partial charge in [0.05, 0.1) is 26.2 Å². The first-order chi connectivity index (χ1) is 4.74. The Morgan fingerprint density at radius 1 is 0.833 bits per heavy atom. The van der Waals surface area contributed by atoms with Gasteiger partial charge in [-0.25, -0.2) is 0 Å². The van der Waals surface area contributed by atoms with Crippen LogP contribution in [0.25, 0.3) is 0 Å². The topological polar surface area (TPSA) is 0 Å². The second kappa shape index (κ2) is 9.96. The van der Waals surface area contributed by atoms with Crippen molar-refractivity contribution < 1.29 is 36.4 Å². The maximum absolute atomic E-state index is 2.29. The quantitative estimate of drug-likeness (QED) is 0.443. The van der Waals surface area contributed by atoms with Crippen molar-refractivity contribution in [3.8, 4) is 0 Å². The van der Waals surface area contributed by atoms with Crippen LogP contribution in [-0.4, -0.2) is 30.7 Å². The molecule has 3 heteroatoms. The predicted octanol–water partition coefficient (Wildman–Crippen LogP) is -0.726. The summed E-state index contributed by atoms with van der Waals surface area (Å²) in [5.41, 5.74) is 0. The molecule has 1 nitrogen and oxygen atoms in total. The summed E-state index contributed by atoms with van der Waals surface area (Å²) in [7, 11) is 0. The minimum absolute atomic E-state index is 0. The number of hydrogen-bond acceptors (Lipinski definition) is 0. The number of nitrogens with zero attached hydrogens (tertiary/aromatic N) is 1. The monoisotopic (exact) mass is 243 g/mol. The van der Waals surface area contributed by atoms with Gasteiger partial charge in [0.1, 0.15) is 0 Å². The fourth-order valence-corrected chi connectivity index (χ4v) is 1.62. The average Bonchev–Trinajstić information content (AvgIpc) is 2.01. The van der Waals surface area contributed by atoms with Gasteiger partial charge >= 0.3 is 0 Å². The standard InChI is InChI=1S/C9H22N.ClH.Zn/c1-5-9-10(6-2,7-3)8-4;;/h5-9H2,1-4H3;1H;/q+1;;/p-1. The maximum atomic E-state index is 2.29. The van der Waals surface area contributed by atoms with E-state index in [4.69, 9.17) is 0 Å². The summed E-state index contributed by atoms with van der Waals surface area (Å²) in [5, 5.41) is 0. The van der Waals surface area contributed by atoms with Crippen molar-refractivity contribution >= 4 is 0 Å². The zero-order chi connectivity index (χ0) is 8.04. The van der Waals surface area contributed by atoms with Gasteiger partial charge in [-0.15, -0.1) is 0 Å². The fraction of sp³-hybridized carbons (Fsp3) is 1.00. The van der Waals surface area contributed by atoms with Crippen LogP contribution in [0.3, 0.4) is 0 Å². The smallest absolute Gasteiger partial charge is 0.0783 e. The van der Waals surface area contributed by atoms with Crippen LogP contribution in [0.2, 0.25) is 0 Å². The van der Waals surface area contributed by atoms with Gasteiger partial charge in [-0.2, -0.15) is 0 Å². The Bertz CT molecular complexity index is 76.3. The molecule has 0 aromatic rings. The van der Waals surface area contributed by atoms with Crippen molar-refractivity contribution in [2.45, 2.75) is 34.1 Å². The molecule has 0 aliphatic rings. The summed E-state index contributed by atoms with van der Waals surface area (Å²) in [6.45, 7) is 14.4. The van der Waals surface area contributed by atoms with Crippen LogP contribution in [0.5, 0.6) is 0 Å². The van der Waals surface area contributed by atoms with Gasteiger partial charge in [-0.3, -0.25) is 0 Å². The summed E-state index contributed by atoms with van der Waals surface area (Å²) >= 11 is 0. The zero-order valence-electron chi connectivity index (χ0n) is 9.07. The Kier molecular flexibility index (Phi) is 15.4. The molecule has 0 aromatic heterocycles. The van der Waals surface area contributed by atoms with E-state index in [1.807, 2.05) is 0 Å². The van der Waals surface area contributed by atoms with Gasteiger partial charge in [0.15, 0.2) is 0 Å². The molecule has 0 aromatic carbocycles. The first-order valence-electron chi connectivity index (χ1n) is 4.59. The number of quaternary nitrogens is 1. The fourth-order valence-electron chi connectivity index (χ4n) is 1.62. The van der Waals surface area contributed by atoms with Crippen molar-refractivity contribution in [2.24, 2.45) is 0 Å². The van der Waals surface area contributed by atoms with E-state index < -0.39 is 0 Å². The summed E-state index contributed by atoms with van der Waals surface area (Å²) in [4.78, 5) is 0. The molecule has 0 amide bonds. The molecule has 0 saturated carbocycles. The summed E-state index contributed by atoms with van der Waals surface area (Å²) in [5.74, 6) is 0. The van der Waals surface area contributed by atoms with Crippen LogP contribution in [0.1, 0.15) is 34.1 Å². The SMILES string of the molecule is CCC[N+](CC)(CC)CC.[Cl-].[Zn]. The molecule has 0 bridgehead atoms. The zero-order valence-corrected chi connectivity index (χ0v) is 12.8. The van der Waals surface area contributed by atoms with Crippen molar-refractivity contribution in [1.29, 1.82) is 0 Å². The van der Waals surface area contributed by atoms with Gasteiger partial charge in [0.2, 0.25) is 0 Å². The molecule has 0 spiro atoms. The minimum Gasteiger partial charge on any atom is -1.00 e. The molecule has 0 unspecified atom stereocenters. The van der Waals surface area contributed by atoms with E-state index in [0.717, 1.165) is 0 Å². The Balaban J connectivity index is -0.000000405. The molecule has 0 fully saturated rings. The summed E-state index contributed by atoms with van der Waals surface area (Å²) in [6, 6.07) is 0. The summed E-state index contributed by atoms with van der Waals surface area (Å²) < 4.78 is 1.30. The van der Waals surface area contributed by atoms with E-state index in [1.165, 1.54) is 37.1 Å². The molecule has 0 rings (SSSR count). The molecule has 0 atom stereocenters. The third kappa shape index (κ3) is 5.51. The molecule has 0 radical (unpaired) electrons. The molecule has 0 heterocycles. The van der Waals surface area contributed by atoms with Crippen LogP contribution >= 0.6 is 0 Å². The van der Waals surface area contributed by atoms with Crippen LogP contribution < -0.4 is 12.4 Å². The van der Waals surface area contributed by atoms with E-state index in [2.05, 4.69) is 27.7 Å². The Hall–Kier alpha value is 0.873. The van der Waals surface area contributed by atoms with Gasteiger partial charge in [0, 0.05) is 19.5 Å². The van der Waals surface area contributed by atoms with Crippen LogP contribution in [0.4, 0.5) is 0 Å². The normalized spacial score (nSPS) is 10.0. The number of rotatable bonds is 5. The van der Waals surface area contributed by atoms with Crippen LogP contribution in [-0.2, 0) is 19.5 Å². The van der Waals surface area contributed by atoms with Crippen LogP contribution in [0, 0.1) is 0 Å². The summed E-state index contributed by atoms with van der Waals surface area (Å²) in [6.07, 6.45) is 1.32. The predicted molar refractivity (Wildman–Crippen MR) is 47.0 cm³/mol. The van der Waals surface area contributed by atoms with Crippen LogP contribution in [0.15, 0.2) is 0 Å². The van der Waals surface area contributed by atoms with Gasteiger partial charge < -0.3 is 16.9 Å². The molecule has 12 heavy (non-hydrogen) atoms. The van der Waals surface area contributed by atoms with E-state index >= 15 is 0 Å². The Labute approximate surface area is 96.7 Å². The molecule has 0 N–H and O–H groups in total. The number of hydrogen-bond donors (Lipinski definition) is 0. The molecule has 0 aliphatic carbocycles. The first kappa shape index (κ1) is 18.6. The van der Waals surface area contributed by atoms with Gasteiger partial charge in [-0.1, -0.05) is 6.92 Å². The van der Waals surface area contributed by atoms with E-state index in [9.17, 15) is 0 Å². The Morgan fingerprint density at radius 2 is 1.17 bits per heavy atom. The molecule has 0 saturated heterocycles. The molecular formula is C9H22ClNZn. The van der Waals surface area contributed by atoms with Crippen molar-refractivity contribution in [2.75, 3.05) is 26.2 Å². The van der Waals surface area contributed by atoms with Crippen molar-refractivity contribution in [1.82, 2.24) is 0 Å². The first-order valence-corrected chi connectivity index (χ1v) is 4.59. The maximum Gasteiger partial charge on any atom is 0.0783 e. The van der Waals surface area contributed by atoms with Crippen molar-refractivity contribution in [3.05, 3.63) is 0 Å². The Morgan fingerprint density at radius 3 is 1.25 bits per heavy atom. The molecule has 0 aliphatic heterocycles. The third-order valence-corrected chi connectivity index (χ3v) is 2.71. The average molecular weight is 245 g/mol. The van der Waals surface area contributed by atoms with Crippen molar-refractivity contribution in [3.63, 3.8) is 0 Å². The number of halogens is 1. The molecular weight excluding hydrogens is 223 g/mol. The second-order valence-corrected chi connectivity index (χ2v) is 3.01. The van der Waals surface area contributed by atoms with E-state index in [-0.39, 0.29) is 31.9 Å².